The quantitative estimate of drug-likeness (QED) is 0.562. The Hall–Kier alpha value is -3.00. The molecule has 6 nitrogen and oxygen atoms in total. The summed E-state index contributed by atoms with van der Waals surface area (Å²) in [6.07, 6.45) is 6.40. The Morgan fingerprint density at radius 3 is 2.56 bits per heavy atom. The number of halogens is 1. The largest absolute Gasteiger partial charge is 0.351 e. The van der Waals surface area contributed by atoms with Gasteiger partial charge < -0.3 is 15.5 Å². The summed E-state index contributed by atoms with van der Waals surface area (Å²) >= 11 is 1.26. The van der Waals surface area contributed by atoms with E-state index in [1.165, 1.54) is 40.5 Å². The molecule has 8 heteroatoms. The van der Waals surface area contributed by atoms with Crippen molar-refractivity contribution >= 4 is 29.1 Å². The molecule has 2 aromatic rings. The molecule has 0 saturated heterocycles. The van der Waals surface area contributed by atoms with Crippen molar-refractivity contribution in [2.45, 2.75) is 44.2 Å². The second kappa shape index (κ2) is 11.6. The number of hydrogen-bond donors (Lipinski definition) is 2. The highest BCUT2D eigenvalue weighted by molar-refractivity contribution is 7.12. The summed E-state index contributed by atoms with van der Waals surface area (Å²) in [4.78, 5) is 40.4. The van der Waals surface area contributed by atoms with Crippen LogP contribution in [0, 0.1) is 5.82 Å². The number of nitrogens with one attached hydrogen (secondary N) is 2. The SMILES string of the molecule is C=CCN(C(=O)CNC(=O)c1cccs1)C(C(=O)NC1CCCCC1)c1ccccc1F. The summed E-state index contributed by atoms with van der Waals surface area (Å²) in [6, 6.07) is 8.19. The highest BCUT2D eigenvalue weighted by Crippen LogP contribution is 2.26. The lowest BCUT2D eigenvalue weighted by atomic mass is 9.94. The number of rotatable bonds is 9. The smallest absolute Gasteiger partial charge is 0.261 e. The predicted molar refractivity (Wildman–Crippen MR) is 123 cm³/mol. The summed E-state index contributed by atoms with van der Waals surface area (Å²) < 4.78 is 14.7. The first kappa shape index (κ1) is 23.7. The number of benzene rings is 1. The summed E-state index contributed by atoms with van der Waals surface area (Å²) in [5, 5.41) is 7.36. The molecule has 1 heterocycles. The van der Waals surface area contributed by atoms with Crippen molar-refractivity contribution in [1.82, 2.24) is 15.5 Å². The molecule has 1 aromatic heterocycles. The van der Waals surface area contributed by atoms with Crippen molar-refractivity contribution in [1.29, 1.82) is 0 Å². The van der Waals surface area contributed by atoms with Crippen molar-refractivity contribution in [3.8, 4) is 0 Å². The van der Waals surface area contributed by atoms with Gasteiger partial charge in [-0.05, 0) is 30.4 Å². The minimum absolute atomic E-state index is 0.00439. The van der Waals surface area contributed by atoms with Crippen molar-refractivity contribution in [3.05, 3.63) is 70.7 Å². The van der Waals surface area contributed by atoms with Crippen molar-refractivity contribution in [3.63, 3.8) is 0 Å². The molecular formula is C24H28FN3O3S. The third-order valence-corrected chi connectivity index (χ3v) is 6.37. The Morgan fingerprint density at radius 1 is 1.16 bits per heavy atom. The van der Waals surface area contributed by atoms with Gasteiger partial charge in [0.1, 0.15) is 11.9 Å². The zero-order chi connectivity index (χ0) is 22.9. The average Bonchev–Trinajstić information content (AvgIpc) is 3.34. The maximum Gasteiger partial charge on any atom is 0.261 e. The van der Waals surface area contributed by atoms with E-state index in [2.05, 4.69) is 17.2 Å². The lowest BCUT2D eigenvalue weighted by molar-refractivity contribution is -0.140. The van der Waals surface area contributed by atoms with Crippen LogP contribution >= 0.6 is 11.3 Å². The molecule has 1 aliphatic carbocycles. The Morgan fingerprint density at radius 2 is 1.91 bits per heavy atom. The average molecular weight is 458 g/mol. The zero-order valence-electron chi connectivity index (χ0n) is 17.9. The second-order valence-electron chi connectivity index (χ2n) is 7.76. The molecule has 3 rings (SSSR count). The van der Waals surface area contributed by atoms with Crippen LogP contribution in [0.3, 0.4) is 0 Å². The van der Waals surface area contributed by atoms with Gasteiger partial charge in [-0.2, -0.15) is 0 Å². The monoisotopic (exact) mass is 457 g/mol. The fourth-order valence-electron chi connectivity index (χ4n) is 3.92. The van der Waals surface area contributed by atoms with Crippen LogP contribution in [0.2, 0.25) is 0 Å². The fourth-order valence-corrected chi connectivity index (χ4v) is 4.56. The summed E-state index contributed by atoms with van der Waals surface area (Å²) in [7, 11) is 0. The van der Waals surface area contributed by atoms with E-state index in [0.29, 0.717) is 4.88 Å². The van der Waals surface area contributed by atoms with Crippen LogP contribution in [0.5, 0.6) is 0 Å². The van der Waals surface area contributed by atoms with Gasteiger partial charge in [0.2, 0.25) is 11.8 Å². The van der Waals surface area contributed by atoms with Crippen LogP contribution < -0.4 is 10.6 Å². The molecule has 1 aromatic carbocycles. The van der Waals surface area contributed by atoms with E-state index in [1.54, 1.807) is 23.6 Å². The molecule has 1 saturated carbocycles. The molecule has 0 radical (unpaired) electrons. The lowest BCUT2D eigenvalue weighted by Gasteiger charge is -2.33. The molecule has 3 amide bonds. The second-order valence-corrected chi connectivity index (χ2v) is 8.71. The number of thiophene rings is 1. The topological polar surface area (TPSA) is 78.5 Å². The first-order valence-electron chi connectivity index (χ1n) is 10.8. The highest BCUT2D eigenvalue weighted by Gasteiger charge is 2.34. The Labute approximate surface area is 191 Å². The van der Waals surface area contributed by atoms with Crippen LogP contribution in [-0.4, -0.2) is 41.8 Å². The van der Waals surface area contributed by atoms with Gasteiger partial charge in [0.05, 0.1) is 11.4 Å². The van der Waals surface area contributed by atoms with E-state index in [0.717, 1.165) is 32.1 Å². The molecule has 1 unspecified atom stereocenters. The molecule has 1 aliphatic rings. The van der Waals surface area contributed by atoms with Gasteiger partial charge in [-0.3, -0.25) is 14.4 Å². The molecule has 1 atom stereocenters. The first-order chi connectivity index (χ1) is 15.5. The Balaban J connectivity index is 1.82. The van der Waals surface area contributed by atoms with E-state index in [9.17, 15) is 18.8 Å². The summed E-state index contributed by atoms with van der Waals surface area (Å²) in [5.41, 5.74) is 0.112. The Kier molecular flexibility index (Phi) is 8.56. The molecule has 0 aliphatic heterocycles. The van der Waals surface area contributed by atoms with Crippen LogP contribution in [0.25, 0.3) is 0 Å². The fraction of sp³-hybridized carbons (Fsp3) is 0.375. The third-order valence-electron chi connectivity index (χ3n) is 5.50. The highest BCUT2D eigenvalue weighted by atomic mass is 32.1. The zero-order valence-corrected chi connectivity index (χ0v) is 18.7. The van der Waals surface area contributed by atoms with E-state index in [-0.39, 0.29) is 30.6 Å². The molecule has 170 valence electrons. The van der Waals surface area contributed by atoms with Gasteiger partial charge in [-0.15, -0.1) is 17.9 Å². The molecule has 1 fully saturated rings. The van der Waals surface area contributed by atoms with Gasteiger partial charge in [-0.25, -0.2) is 4.39 Å². The minimum Gasteiger partial charge on any atom is -0.351 e. The van der Waals surface area contributed by atoms with E-state index in [4.69, 9.17) is 0 Å². The van der Waals surface area contributed by atoms with E-state index < -0.39 is 23.7 Å². The minimum atomic E-state index is -1.16. The van der Waals surface area contributed by atoms with Crippen molar-refractivity contribution < 1.29 is 18.8 Å². The first-order valence-corrected chi connectivity index (χ1v) is 11.7. The molecular weight excluding hydrogens is 429 g/mol. The summed E-state index contributed by atoms with van der Waals surface area (Å²) in [5.74, 6) is -1.87. The van der Waals surface area contributed by atoms with Gasteiger partial charge >= 0.3 is 0 Å². The lowest BCUT2D eigenvalue weighted by Crippen LogP contribution is -2.49. The van der Waals surface area contributed by atoms with E-state index >= 15 is 0 Å². The van der Waals surface area contributed by atoms with Gasteiger partial charge in [0.15, 0.2) is 0 Å². The number of hydrogen-bond acceptors (Lipinski definition) is 4. The number of nitrogens with zero attached hydrogens (tertiary/aromatic N) is 1. The molecule has 0 bridgehead atoms. The number of carbonyl (C=O) groups excluding carboxylic acids is 3. The maximum absolute atomic E-state index is 14.7. The molecule has 32 heavy (non-hydrogen) atoms. The van der Waals surface area contributed by atoms with Gasteiger partial charge in [-0.1, -0.05) is 49.6 Å². The van der Waals surface area contributed by atoms with Gasteiger partial charge in [0.25, 0.3) is 5.91 Å². The predicted octanol–water partition coefficient (Wildman–Crippen LogP) is 3.82. The van der Waals surface area contributed by atoms with Crippen molar-refractivity contribution in [2.75, 3.05) is 13.1 Å². The van der Waals surface area contributed by atoms with Crippen LogP contribution in [-0.2, 0) is 9.59 Å². The summed E-state index contributed by atoms with van der Waals surface area (Å²) in [6.45, 7) is 3.41. The third kappa shape index (κ3) is 6.03. The normalized spacial score (nSPS) is 14.9. The van der Waals surface area contributed by atoms with Crippen molar-refractivity contribution in [2.24, 2.45) is 0 Å². The molecule has 2 N–H and O–H groups in total. The van der Waals surface area contributed by atoms with Gasteiger partial charge in [0, 0.05) is 18.2 Å². The van der Waals surface area contributed by atoms with Crippen LogP contribution in [0.1, 0.15) is 53.4 Å². The maximum atomic E-state index is 14.7. The van der Waals surface area contributed by atoms with E-state index in [1.807, 2.05) is 0 Å². The number of carbonyl (C=O) groups is 3. The van der Waals surface area contributed by atoms with Crippen LogP contribution in [0.15, 0.2) is 54.4 Å². The number of amides is 3. The Bertz CT molecular complexity index is 942. The molecule has 0 spiro atoms. The van der Waals surface area contributed by atoms with Crippen LogP contribution in [0.4, 0.5) is 4.39 Å². The standard InChI is InChI=1S/C24H28FN3O3S/c1-2-14-28(21(29)16-26-23(30)20-13-8-15-32-20)22(18-11-6-7-12-19(18)25)24(31)27-17-9-4-3-5-10-17/h2,6-8,11-13,15,17,22H,1,3-5,9-10,14,16H2,(H,26,30)(H,27,31).